The van der Waals surface area contributed by atoms with Crippen LogP contribution >= 0.6 is 22.9 Å². The van der Waals surface area contributed by atoms with Crippen LogP contribution in [0.15, 0.2) is 24.0 Å². The molecular formula is C9H8N4OS2. The van der Waals surface area contributed by atoms with E-state index in [1.807, 2.05) is 22.2 Å². The minimum Gasteiger partial charge on any atom is -0.387 e. The number of aliphatic hydroxyl groups excluding tert-OH is 1. The molecule has 1 atom stereocenters. The topological polar surface area (TPSA) is 63.3 Å². The van der Waals surface area contributed by atoms with Gasteiger partial charge in [-0.2, -0.15) is 0 Å². The Morgan fingerprint density at radius 2 is 2.44 bits per heavy atom. The van der Waals surface area contributed by atoms with Crippen LogP contribution in [0.2, 0.25) is 0 Å². The van der Waals surface area contributed by atoms with Gasteiger partial charge in [0.25, 0.3) is 0 Å². The highest BCUT2D eigenvalue weighted by Gasteiger charge is 2.13. The van der Waals surface area contributed by atoms with Crippen LogP contribution in [0.3, 0.4) is 0 Å². The maximum atomic E-state index is 9.91. The maximum Gasteiger partial charge on any atom is 0.193 e. The molecule has 0 bridgehead atoms. The van der Waals surface area contributed by atoms with E-state index in [2.05, 4.69) is 14.6 Å². The Balaban J connectivity index is 1.82. The zero-order valence-corrected chi connectivity index (χ0v) is 9.78. The predicted molar refractivity (Wildman–Crippen MR) is 61.6 cm³/mol. The molecular weight excluding hydrogens is 244 g/mol. The molecule has 3 aromatic heterocycles. The van der Waals surface area contributed by atoms with Gasteiger partial charge in [-0.3, -0.25) is 4.40 Å². The number of aliphatic hydroxyl groups is 1. The summed E-state index contributed by atoms with van der Waals surface area (Å²) < 4.78 is 5.68. The summed E-state index contributed by atoms with van der Waals surface area (Å²) in [5, 5.41) is 15.6. The second-order valence-electron chi connectivity index (χ2n) is 3.36. The van der Waals surface area contributed by atoms with Crippen molar-refractivity contribution in [3.8, 4) is 0 Å². The minimum absolute atomic E-state index is 0.498. The van der Waals surface area contributed by atoms with Crippen molar-refractivity contribution in [3.05, 3.63) is 34.5 Å². The van der Waals surface area contributed by atoms with E-state index in [9.17, 15) is 5.11 Å². The standard InChI is InChI=1S/C9H8N4OS2/c14-7(8-4-10-12-16-8)3-6-5-13-1-2-15-9(13)11-6/h1-2,4-5,7,14H,3H2. The smallest absolute Gasteiger partial charge is 0.193 e. The monoisotopic (exact) mass is 252 g/mol. The average Bonchev–Trinajstić information content (AvgIpc) is 2.91. The molecule has 0 fully saturated rings. The molecule has 1 N–H and O–H groups in total. The highest BCUT2D eigenvalue weighted by molar-refractivity contribution is 7.15. The van der Waals surface area contributed by atoms with Crippen molar-refractivity contribution in [1.82, 2.24) is 19.0 Å². The van der Waals surface area contributed by atoms with Gasteiger partial charge in [-0.05, 0) is 11.5 Å². The normalized spacial score (nSPS) is 13.3. The second kappa shape index (κ2) is 3.93. The first-order valence-electron chi connectivity index (χ1n) is 4.69. The third-order valence-corrected chi connectivity index (χ3v) is 3.79. The van der Waals surface area contributed by atoms with E-state index in [4.69, 9.17) is 0 Å². The van der Waals surface area contributed by atoms with Crippen molar-refractivity contribution < 1.29 is 5.11 Å². The molecule has 0 aliphatic carbocycles. The Morgan fingerprint density at radius 1 is 1.50 bits per heavy atom. The first kappa shape index (κ1) is 9.88. The molecule has 0 aliphatic rings. The van der Waals surface area contributed by atoms with Gasteiger partial charge in [0.15, 0.2) is 4.96 Å². The van der Waals surface area contributed by atoms with Crippen LogP contribution in [0.4, 0.5) is 0 Å². The average molecular weight is 252 g/mol. The Labute approximate surface area is 99.2 Å². The fraction of sp³-hybridized carbons (Fsp3) is 0.222. The van der Waals surface area contributed by atoms with E-state index >= 15 is 0 Å². The molecule has 0 saturated heterocycles. The summed E-state index contributed by atoms with van der Waals surface area (Å²) in [5.74, 6) is 0. The van der Waals surface area contributed by atoms with Gasteiger partial charge in [0.05, 0.1) is 22.9 Å². The molecule has 0 aromatic carbocycles. The predicted octanol–water partition coefficient (Wildman–Crippen LogP) is 1.52. The zero-order chi connectivity index (χ0) is 11.0. The van der Waals surface area contributed by atoms with Crippen LogP contribution in [0.1, 0.15) is 16.7 Å². The summed E-state index contributed by atoms with van der Waals surface area (Å²) in [5.41, 5.74) is 0.882. The molecule has 3 aromatic rings. The fourth-order valence-electron chi connectivity index (χ4n) is 1.49. The number of aromatic nitrogens is 4. The van der Waals surface area contributed by atoms with Gasteiger partial charge >= 0.3 is 0 Å². The first-order valence-corrected chi connectivity index (χ1v) is 6.34. The number of thiazole rings is 1. The second-order valence-corrected chi connectivity index (χ2v) is 5.06. The van der Waals surface area contributed by atoms with E-state index in [1.165, 1.54) is 11.5 Å². The van der Waals surface area contributed by atoms with Gasteiger partial charge < -0.3 is 5.11 Å². The summed E-state index contributed by atoms with van der Waals surface area (Å²) >= 11 is 2.80. The maximum absolute atomic E-state index is 9.91. The molecule has 3 rings (SSSR count). The summed E-state index contributed by atoms with van der Waals surface area (Å²) in [6.45, 7) is 0. The summed E-state index contributed by atoms with van der Waals surface area (Å²) in [6, 6.07) is 0. The van der Waals surface area contributed by atoms with E-state index in [1.54, 1.807) is 17.5 Å². The largest absolute Gasteiger partial charge is 0.387 e. The molecule has 0 spiro atoms. The third-order valence-electron chi connectivity index (χ3n) is 2.25. The molecule has 0 amide bonds. The number of nitrogens with zero attached hydrogens (tertiary/aromatic N) is 4. The molecule has 7 heteroatoms. The first-order chi connectivity index (χ1) is 7.83. The van der Waals surface area contributed by atoms with Crippen LogP contribution in [-0.2, 0) is 6.42 Å². The minimum atomic E-state index is -0.565. The number of imidazole rings is 1. The van der Waals surface area contributed by atoms with Gasteiger partial charge in [-0.1, -0.05) is 4.49 Å². The van der Waals surface area contributed by atoms with Crippen LogP contribution in [0.5, 0.6) is 0 Å². The van der Waals surface area contributed by atoms with Crippen LogP contribution in [0.25, 0.3) is 4.96 Å². The number of fused-ring (bicyclic) bond motifs is 1. The molecule has 1 unspecified atom stereocenters. The van der Waals surface area contributed by atoms with E-state index in [0.29, 0.717) is 6.42 Å². The Hall–Kier alpha value is -1.31. The molecule has 3 heterocycles. The van der Waals surface area contributed by atoms with Crippen LogP contribution < -0.4 is 0 Å². The van der Waals surface area contributed by atoms with Crippen LogP contribution in [-0.4, -0.2) is 24.1 Å². The Morgan fingerprint density at radius 3 is 3.19 bits per heavy atom. The van der Waals surface area contributed by atoms with E-state index in [-0.39, 0.29) is 0 Å². The van der Waals surface area contributed by atoms with Crippen molar-refractivity contribution in [2.24, 2.45) is 0 Å². The number of rotatable bonds is 3. The number of hydrogen-bond donors (Lipinski definition) is 1. The number of hydrogen-bond acceptors (Lipinski definition) is 6. The van der Waals surface area contributed by atoms with Crippen molar-refractivity contribution in [2.75, 3.05) is 0 Å². The summed E-state index contributed by atoms with van der Waals surface area (Å²) in [7, 11) is 0. The summed E-state index contributed by atoms with van der Waals surface area (Å²) in [6.07, 6.45) is 5.41. The lowest BCUT2D eigenvalue weighted by Gasteiger charge is -2.03. The zero-order valence-electron chi connectivity index (χ0n) is 8.15. The van der Waals surface area contributed by atoms with E-state index in [0.717, 1.165) is 15.5 Å². The van der Waals surface area contributed by atoms with Crippen molar-refractivity contribution in [3.63, 3.8) is 0 Å². The Kier molecular flexibility index (Phi) is 2.43. The van der Waals surface area contributed by atoms with E-state index < -0.39 is 6.10 Å². The molecule has 82 valence electrons. The highest BCUT2D eigenvalue weighted by Crippen LogP contribution is 2.20. The lowest BCUT2D eigenvalue weighted by molar-refractivity contribution is 0.181. The van der Waals surface area contributed by atoms with Gasteiger partial charge in [-0.15, -0.1) is 16.4 Å². The fourth-order valence-corrected chi connectivity index (χ4v) is 2.70. The van der Waals surface area contributed by atoms with Crippen molar-refractivity contribution in [1.29, 1.82) is 0 Å². The molecule has 0 radical (unpaired) electrons. The summed E-state index contributed by atoms with van der Waals surface area (Å²) in [4.78, 5) is 6.13. The van der Waals surface area contributed by atoms with Gasteiger partial charge in [-0.25, -0.2) is 4.98 Å². The van der Waals surface area contributed by atoms with Crippen molar-refractivity contribution >= 4 is 27.8 Å². The van der Waals surface area contributed by atoms with Crippen LogP contribution in [0, 0.1) is 0 Å². The SMILES string of the molecule is OC(Cc1cn2ccsc2n1)c1cnns1. The molecule has 5 nitrogen and oxygen atoms in total. The van der Waals surface area contributed by atoms with Gasteiger partial charge in [0.2, 0.25) is 0 Å². The molecule has 0 aliphatic heterocycles. The molecule has 16 heavy (non-hydrogen) atoms. The lowest BCUT2D eigenvalue weighted by atomic mass is 10.2. The van der Waals surface area contributed by atoms with Gasteiger partial charge in [0.1, 0.15) is 0 Å². The lowest BCUT2D eigenvalue weighted by Crippen LogP contribution is -1.99. The van der Waals surface area contributed by atoms with Crippen molar-refractivity contribution in [2.45, 2.75) is 12.5 Å². The highest BCUT2D eigenvalue weighted by atomic mass is 32.1. The quantitative estimate of drug-likeness (QED) is 0.767. The molecule has 0 saturated carbocycles. The Bertz CT molecular complexity index is 557. The van der Waals surface area contributed by atoms with Gasteiger partial charge in [0, 0.05) is 24.2 Å². The third kappa shape index (κ3) is 1.73.